The molecule has 1 amide bonds. The molecule has 168 valence electrons. The Hall–Kier alpha value is -1.42. The van der Waals surface area contributed by atoms with E-state index in [4.69, 9.17) is 0 Å². The molecular formula is C20H24F6N2OS. The van der Waals surface area contributed by atoms with Crippen molar-refractivity contribution < 1.29 is 31.1 Å². The molecule has 0 radical (unpaired) electrons. The van der Waals surface area contributed by atoms with E-state index in [1.807, 2.05) is 0 Å². The first kappa shape index (κ1) is 23.2. The van der Waals surface area contributed by atoms with Crippen molar-refractivity contribution in [3.63, 3.8) is 0 Å². The van der Waals surface area contributed by atoms with E-state index in [2.05, 4.69) is 10.2 Å². The number of hydrogen-bond acceptors (Lipinski definition) is 3. The number of hydrogen-bond donors (Lipinski definition) is 1. The summed E-state index contributed by atoms with van der Waals surface area (Å²) in [4.78, 5) is 14.9. The van der Waals surface area contributed by atoms with E-state index in [0.29, 0.717) is 24.2 Å². The Kier molecular flexibility index (Phi) is 6.96. The molecule has 0 bridgehead atoms. The first-order valence-electron chi connectivity index (χ1n) is 9.93. The SMILES string of the molecule is CSc1cc(C(F)(F)F)cc(C(F)(F)F)c1C(=O)NC1CCCCC1N1CCCC1. The van der Waals surface area contributed by atoms with Gasteiger partial charge < -0.3 is 5.32 Å². The molecule has 2 atom stereocenters. The van der Waals surface area contributed by atoms with Crippen LogP contribution in [0.5, 0.6) is 0 Å². The molecule has 10 heteroatoms. The summed E-state index contributed by atoms with van der Waals surface area (Å²) in [6.07, 6.45) is -3.25. The average Bonchev–Trinajstić information content (AvgIpc) is 3.20. The second kappa shape index (κ2) is 8.98. The molecule has 1 aromatic rings. The fourth-order valence-electron chi connectivity index (χ4n) is 4.43. The lowest BCUT2D eigenvalue weighted by atomic mass is 9.88. The Morgan fingerprint density at radius 1 is 1.00 bits per heavy atom. The third kappa shape index (κ3) is 5.07. The summed E-state index contributed by atoms with van der Waals surface area (Å²) >= 11 is 0.701. The number of amides is 1. The standard InChI is InChI=1S/C20H24F6N2OS/c1-30-16-11-12(19(21,22)23)10-13(20(24,25)26)17(16)18(29)27-14-6-2-3-7-15(14)28-8-4-5-9-28/h10-11,14-15H,2-9H2,1H3,(H,27,29). The molecule has 2 unspecified atom stereocenters. The van der Waals surface area contributed by atoms with Crippen LogP contribution in [0.25, 0.3) is 0 Å². The van der Waals surface area contributed by atoms with Crippen molar-refractivity contribution in [3.05, 3.63) is 28.8 Å². The van der Waals surface area contributed by atoms with Crippen LogP contribution in [0.2, 0.25) is 0 Å². The number of carbonyl (C=O) groups excluding carboxylic acids is 1. The number of thioether (sulfide) groups is 1. The van der Waals surface area contributed by atoms with Gasteiger partial charge in [0.1, 0.15) is 0 Å². The maximum absolute atomic E-state index is 13.6. The number of carbonyl (C=O) groups is 1. The summed E-state index contributed by atoms with van der Waals surface area (Å²) in [6, 6.07) is 0.385. The van der Waals surface area contributed by atoms with Gasteiger partial charge in [-0.2, -0.15) is 26.3 Å². The predicted octanol–water partition coefficient (Wildman–Crippen LogP) is 5.58. The highest BCUT2D eigenvalue weighted by atomic mass is 32.2. The zero-order valence-electron chi connectivity index (χ0n) is 16.5. The maximum atomic E-state index is 13.6. The Balaban J connectivity index is 1.95. The topological polar surface area (TPSA) is 32.3 Å². The molecule has 2 aliphatic rings. The van der Waals surface area contributed by atoms with Gasteiger partial charge in [-0.05, 0) is 57.2 Å². The highest BCUT2D eigenvalue weighted by molar-refractivity contribution is 7.98. The Morgan fingerprint density at radius 2 is 1.63 bits per heavy atom. The molecule has 1 saturated heterocycles. The minimum absolute atomic E-state index is 0.0352. The molecule has 1 heterocycles. The van der Waals surface area contributed by atoms with Crippen LogP contribution in [0.4, 0.5) is 26.3 Å². The molecule has 3 nitrogen and oxygen atoms in total. The van der Waals surface area contributed by atoms with Gasteiger partial charge in [0, 0.05) is 17.0 Å². The van der Waals surface area contributed by atoms with Gasteiger partial charge in [-0.15, -0.1) is 11.8 Å². The van der Waals surface area contributed by atoms with Crippen LogP contribution in [0.1, 0.15) is 60.0 Å². The van der Waals surface area contributed by atoms with Gasteiger partial charge in [-0.25, -0.2) is 0 Å². The van der Waals surface area contributed by atoms with E-state index in [1.54, 1.807) is 0 Å². The summed E-state index contributed by atoms with van der Waals surface area (Å²) in [7, 11) is 0. The molecule has 3 rings (SSSR count). The van der Waals surface area contributed by atoms with Gasteiger partial charge in [0.15, 0.2) is 0 Å². The summed E-state index contributed by atoms with van der Waals surface area (Å²) in [6.45, 7) is 1.78. The van der Waals surface area contributed by atoms with E-state index in [1.165, 1.54) is 6.26 Å². The normalized spacial score (nSPS) is 23.6. The highest BCUT2D eigenvalue weighted by Crippen LogP contribution is 2.41. The van der Waals surface area contributed by atoms with E-state index in [9.17, 15) is 31.1 Å². The monoisotopic (exact) mass is 454 g/mol. The molecule has 1 N–H and O–H groups in total. The minimum atomic E-state index is -5.08. The predicted molar refractivity (Wildman–Crippen MR) is 103 cm³/mol. The van der Waals surface area contributed by atoms with Crippen molar-refractivity contribution in [1.29, 1.82) is 0 Å². The number of halogens is 6. The number of nitrogens with zero attached hydrogens (tertiary/aromatic N) is 1. The van der Waals surface area contributed by atoms with Crippen LogP contribution in [-0.2, 0) is 12.4 Å². The fraction of sp³-hybridized carbons (Fsp3) is 0.650. The quantitative estimate of drug-likeness (QED) is 0.476. The fourth-order valence-corrected chi connectivity index (χ4v) is 5.08. The minimum Gasteiger partial charge on any atom is -0.348 e. The van der Waals surface area contributed by atoms with Crippen LogP contribution < -0.4 is 5.32 Å². The number of benzene rings is 1. The van der Waals surface area contributed by atoms with Gasteiger partial charge in [0.05, 0.1) is 16.7 Å². The zero-order chi connectivity index (χ0) is 22.1. The van der Waals surface area contributed by atoms with Crippen molar-refractivity contribution in [3.8, 4) is 0 Å². The first-order chi connectivity index (χ1) is 14.0. The summed E-state index contributed by atoms with van der Waals surface area (Å²) in [5.41, 5.74) is -3.69. The van der Waals surface area contributed by atoms with Crippen molar-refractivity contribution in [2.24, 2.45) is 0 Å². The largest absolute Gasteiger partial charge is 0.417 e. The van der Waals surface area contributed by atoms with Crippen molar-refractivity contribution in [2.45, 2.75) is 67.9 Å². The molecular weight excluding hydrogens is 430 g/mol. The molecule has 1 aliphatic carbocycles. The lowest BCUT2D eigenvalue weighted by Gasteiger charge is -2.38. The van der Waals surface area contributed by atoms with Gasteiger partial charge in [-0.1, -0.05) is 12.8 Å². The van der Waals surface area contributed by atoms with Crippen molar-refractivity contribution >= 4 is 17.7 Å². The first-order valence-corrected chi connectivity index (χ1v) is 11.2. The third-order valence-electron chi connectivity index (χ3n) is 5.84. The molecule has 2 fully saturated rings. The average molecular weight is 454 g/mol. The second-order valence-corrected chi connectivity index (χ2v) is 8.62. The summed E-state index contributed by atoms with van der Waals surface area (Å²) in [5.74, 6) is -0.962. The lowest BCUT2D eigenvalue weighted by Crippen LogP contribution is -2.52. The van der Waals surface area contributed by atoms with Gasteiger partial charge in [0.25, 0.3) is 5.91 Å². The Labute approximate surface area is 175 Å². The molecule has 1 saturated carbocycles. The molecule has 30 heavy (non-hydrogen) atoms. The van der Waals surface area contributed by atoms with E-state index >= 15 is 0 Å². The van der Waals surface area contributed by atoms with Gasteiger partial charge in [0.2, 0.25) is 0 Å². The maximum Gasteiger partial charge on any atom is 0.417 e. The van der Waals surface area contributed by atoms with Crippen LogP contribution >= 0.6 is 11.8 Å². The van der Waals surface area contributed by atoms with Crippen LogP contribution in [-0.4, -0.2) is 42.2 Å². The van der Waals surface area contributed by atoms with Crippen LogP contribution in [0, 0.1) is 0 Å². The van der Waals surface area contributed by atoms with Crippen molar-refractivity contribution in [2.75, 3.05) is 19.3 Å². The number of nitrogens with one attached hydrogen (secondary N) is 1. The number of rotatable bonds is 4. The number of alkyl halides is 6. The zero-order valence-corrected chi connectivity index (χ0v) is 17.3. The van der Waals surface area contributed by atoms with Crippen molar-refractivity contribution in [1.82, 2.24) is 10.2 Å². The third-order valence-corrected chi connectivity index (χ3v) is 6.60. The highest BCUT2D eigenvalue weighted by Gasteiger charge is 2.42. The van der Waals surface area contributed by atoms with E-state index < -0.39 is 35.0 Å². The molecule has 1 aliphatic heterocycles. The van der Waals surface area contributed by atoms with E-state index in [-0.39, 0.29) is 23.0 Å². The van der Waals surface area contributed by atoms with Crippen LogP contribution in [0.3, 0.4) is 0 Å². The molecule has 0 spiro atoms. The van der Waals surface area contributed by atoms with Crippen LogP contribution in [0.15, 0.2) is 17.0 Å². The van der Waals surface area contributed by atoms with E-state index in [0.717, 1.165) is 45.2 Å². The Morgan fingerprint density at radius 3 is 2.20 bits per heavy atom. The van der Waals surface area contributed by atoms with Gasteiger partial charge in [-0.3, -0.25) is 9.69 Å². The van der Waals surface area contributed by atoms with Gasteiger partial charge >= 0.3 is 12.4 Å². The molecule has 0 aromatic heterocycles. The molecule has 1 aromatic carbocycles. The summed E-state index contributed by atoms with van der Waals surface area (Å²) in [5, 5.41) is 2.73. The smallest absolute Gasteiger partial charge is 0.348 e. The Bertz CT molecular complexity index is 774. The second-order valence-electron chi connectivity index (χ2n) is 7.77. The summed E-state index contributed by atoms with van der Waals surface area (Å²) < 4.78 is 80.2. The lowest BCUT2D eigenvalue weighted by molar-refractivity contribution is -0.143. The number of likely N-dealkylation sites (tertiary alicyclic amines) is 1.